The molecule has 0 spiro atoms. The van der Waals surface area contributed by atoms with Crippen LogP contribution in [0.4, 0.5) is 0 Å². The lowest BCUT2D eigenvalue weighted by Gasteiger charge is -2.34. The summed E-state index contributed by atoms with van der Waals surface area (Å²) in [4.78, 5) is 26.4. The summed E-state index contributed by atoms with van der Waals surface area (Å²) in [6, 6.07) is 1.79. The molecular weight excluding hydrogens is 406 g/mol. The van der Waals surface area contributed by atoms with Crippen molar-refractivity contribution in [1.29, 1.82) is 0 Å². The van der Waals surface area contributed by atoms with E-state index in [0.717, 1.165) is 24.3 Å². The standard InChI is InChI=1S/C19H27N7O3S/c1-3-16(27)25-11-5-7-14(13-25)21-18(15-9-10-20-30-15)19-22-23-24-26(19)12-6-8-17(28)29-4-2/h3,9-10,14,18,21H,1,4-8,11-13H2,2H3. The van der Waals surface area contributed by atoms with Gasteiger partial charge in [-0.2, -0.15) is 0 Å². The fraction of sp³-hybridized carbons (Fsp3) is 0.579. The molecule has 0 radical (unpaired) electrons. The van der Waals surface area contributed by atoms with Gasteiger partial charge in [0.15, 0.2) is 5.82 Å². The van der Waals surface area contributed by atoms with Crippen LogP contribution in [0.2, 0.25) is 0 Å². The molecule has 1 N–H and O–H groups in total. The maximum absolute atomic E-state index is 12.0. The van der Waals surface area contributed by atoms with Crippen LogP contribution >= 0.6 is 11.5 Å². The Labute approximate surface area is 179 Å². The molecular formula is C19H27N7O3S. The van der Waals surface area contributed by atoms with E-state index in [2.05, 4.69) is 31.8 Å². The quantitative estimate of drug-likeness (QED) is 0.441. The highest BCUT2D eigenvalue weighted by atomic mass is 32.1. The number of rotatable bonds is 10. The van der Waals surface area contributed by atoms with Crippen molar-refractivity contribution in [3.8, 4) is 0 Å². The van der Waals surface area contributed by atoms with E-state index in [-0.39, 0.29) is 24.0 Å². The third-order valence-corrected chi connectivity index (χ3v) is 5.74. The zero-order chi connectivity index (χ0) is 21.3. The zero-order valence-corrected chi connectivity index (χ0v) is 17.9. The van der Waals surface area contributed by atoms with Crippen LogP contribution in [0, 0.1) is 0 Å². The molecule has 3 heterocycles. The number of carbonyl (C=O) groups is 2. The molecule has 1 aliphatic heterocycles. The summed E-state index contributed by atoms with van der Waals surface area (Å²) >= 11 is 1.38. The van der Waals surface area contributed by atoms with Gasteiger partial charge in [0, 0.05) is 38.3 Å². The Bertz CT molecular complexity index is 839. The maximum Gasteiger partial charge on any atom is 0.305 e. The lowest BCUT2D eigenvalue weighted by atomic mass is 10.0. The van der Waals surface area contributed by atoms with Crippen LogP contribution in [-0.2, 0) is 20.9 Å². The van der Waals surface area contributed by atoms with E-state index >= 15 is 0 Å². The predicted molar refractivity (Wildman–Crippen MR) is 111 cm³/mol. The van der Waals surface area contributed by atoms with Gasteiger partial charge in [0.25, 0.3) is 0 Å². The number of hydrogen-bond acceptors (Lipinski definition) is 9. The Balaban J connectivity index is 1.71. The van der Waals surface area contributed by atoms with Gasteiger partial charge in [-0.05, 0) is 60.3 Å². The van der Waals surface area contributed by atoms with Crippen molar-refractivity contribution < 1.29 is 14.3 Å². The number of tetrazole rings is 1. The summed E-state index contributed by atoms with van der Waals surface area (Å²) in [5, 5.41) is 15.8. The lowest BCUT2D eigenvalue weighted by Crippen LogP contribution is -2.48. The molecule has 2 aromatic heterocycles. The molecule has 30 heavy (non-hydrogen) atoms. The summed E-state index contributed by atoms with van der Waals surface area (Å²) in [6.45, 7) is 7.59. The van der Waals surface area contributed by atoms with Crippen LogP contribution in [0.25, 0.3) is 0 Å². The molecule has 1 fully saturated rings. The van der Waals surface area contributed by atoms with Crippen LogP contribution in [-0.4, -0.2) is 67.1 Å². The second-order valence-corrected chi connectivity index (χ2v) is 7.88. The fourth-order valence-corrected chi connectivity index (χ4v) is 4.16. The summed E-state index contributed by atoms with van der Waals surface area (Å²) < 4.78 is 10.9. The van der Waals surface area contributed by atoms with E-state index in [1.165, 1.54) is 17.6 Å². The van der Waals surface area contributed by atoms with Crippen molar-refractivity contribution in [2.45, 2.75) is 51.2 Å². The number of nitrogens with zero attached hydrogens (tertiary/aromatic N) is 6. The van der Waals surface area contributed by atoms with E-state index in [0.29, 0.717) is 38.4 Å². The number of amides is 1. The summed E-state index contributed by atoms with van der Waals surface area (Å²) in [5.41, 5.74) is 0. The monoisotopic (exact) mass is 433 g/mol. The molecule has 2 atom stereocenters. The number of carbonyl (C=O) groups excluding carboxylic acids is 2. The molecule has 2 unspecified atom stereocenters. The number of likely N-dealkylation sites (tertiary alicyclic amines) is 1. The summed E-state index contributed by atoms with van der Waals surface area (Å²) in [7, 11) is 0. The number of aromatic nitrogens is 5. The first-order valence-corrected chi connectivity index (χ1v) is 10.9. The molecule has 0 aliphatic carbocycles. The number of esters is 1. The van der Waals surface area contributed by atoms with Crippen molar-refractivity contribution in [3.63, 3.8) is 0 Å². The highest BCUT2D eigenvalue weighted by Crippen LogP contribution is 2.25. The maximum atomic E-state index is 12.0. The summed E-state index contributed by atoms with van der Waals surface area (Å²) in [5.74, 6) is 0.383. The molecule has 1 aliphatic rings. The molecule has 10 nitrogen and oxygen atoms in total. The minimum absolute atomic E-state index is 0.0559. The van der Waals surface area contributed by atoms with Crippen LogP contribution in [0.1, 0.15) is 49.4 Å². The van der Waals surface area contributed by atoms with E-state index in [1.54, 1.807) is 22.7 Å². The first-order chi connectivity index (χ1) is 14.6. The lowest BCUT2D eigenvalue weighted by molar-refractivity contribution is -0.143. The van der Waals surface area contributed by atoms with Gasteiger partial charge in [0.2, 0.25) is 5.91 Å². The van der Waals surface area contributed by atoms with Crippen molar-refractivity contribution in [1.82, 2.24) is 34.8 Å². The van der Waals surface area contributed by atoms with Gasteiger partial charge in [-0.1, -0.05) is 6.58 Å². The molecule has 3 rings (SSSR count). The largest absolute Gasteiger partial charge is 0.466 e. The molecule has 162 valence electrons. The van der Waals surface area contributed by atoms with Crippen LogP contribution in [0.15, 0.2) is 24.9 Å². The first-order valence-electron chi connectivity index (χ1n) is 10.1. The number of ether oxygens (including phenoxy) is 1. The molecule has 1 saturated heterocycles. The molecule has 2 aromatic rings. The molecule has 1 amide bonds. The van der Waals surface area contributed by atoms with Gasteiger partial charge in [0.1, 0.15) is 6.04 Å². The SMILES string of the molecule is C=CC(=O)N1CCCC(NC(c2ccns2)c2nnnn2CCCC(=O)OCC)C1. The van der Waals surface area contributed by atoms with Crippen molar-refractivity contribution in [2.24, 2.45) is 0 Å². The Morgan fingerprint density at radius 1 is 1.50 bits per heavy atom. The van der Waals surface area contributed by atoms with Crippen LogP contribution in [0.3, 0.4) is 0 Å². The predicted octanol–water partition coefficient (Wildman–Crippen LogP) is 1.33. The molecule has 0 saturated carbocycles. The Hall–Kier alpha value is -2.66. The Morgan fingerprint density at radius 2 is 2.37 bits per heavy atom. The van der Waals surface area contributed by atoms with Gasteiger partial charge >= 0.3 is 5.97 Å². The Morgan fingerprint density at radius 3 is 3.10 bits per heavy atom. The van der Waals surface area contributed by atoms with Gasteiger partial charge in [-0.15, -0.1) is 5.10 Å². The number of aryl methyl sites for hydroxylation is 1. The van der Waals surface area contributed by atoms with E-state index < -0.39 is 0 Å². The van der Waals surface area contributed by atoms with Gasteiger partial charge in [-0.25, -0.2) is 9.06 Å². The van der Waals surface area contributed by atoms with Crippen molar-refractivity contribution in [2.75, 3.05) is 19.7 Å². The molecule has 0 aromatic carbocycles. The third kappa shape index (κ3) is 5.70. The van der Waals surface area contributed by atoms with E-state index in [9.17, 15) is 9.59 Å². The first kappa shape index (κ1) is 22.0. The normalized spacial score (nSPS) is 17.5. The topological polar surface area (TPSA) is 115 Å². The van der Waals surface area contributed by atoms with Crippen molar-refractivity contribution >= 4 is 23.4 Å². The highest BCUT2D eigenvalue weighted by molar-refractivity contribution is 7.05. The summed E-state index contributed by atoms with van der Waals surface area (Å²) in [6.07, 6.45) is 5.85. The minimum atomic E-state index is -0.251. The van der Waals surface area contributed by atoms with Gasteiger partial charge in [0.05, 0.1) is 11.5 Å². The number of nitrogens with one attached hydrogen (secondary N) is 1. The fourth-order valence-electron chi connectivity index (χ4n) is 3.52. The van der Waals surface area contributed by atoms with Gasteiger partial charge < -0.3 is 9.64 Å². The minimum Gasteiger partial charge on any atom is -0.466 e. The zero-order valence-electron chi connectivity index (χ0n) is 17.1. The molecule has 11 heteroatoms. The highest BCUT2D eigenvalue weighted by Gasteiger charge is 2.29. The molecule has 0 bridgehead atoms. The van der Waals surface area contributed by atoms with Gasteiger partial charge in [-0.3, -0.25) is 14.9 Å². The van der Waals surface area contributed by atoms with E-state index in [4.69, 9.17) is 4.74 Å². The second kappa shape index (κ2) is 10.9. The average Bonchev–Trinajstić information content (AvgIpc) is 3.44. The number of piperidine rings is 1. The number of hydrogen-bond donors (Lipinski definition) is 1. The van der Waals surface area contributed by atoms with E-state index in [1.807, 2.05) is 6.07 Å². The Kier molecular flexibility index (Phi) is 8.03. The van der Waals surface area contributed by atoms with Crippen LogP contribution < -0.4 is 5.32 Å². The second-order valence-electron chi connectivity index (χ2n) is 7.01. The smallest absolute Gasteiger partial charge is 0.305 e. The third-order valence-electron chi connectivity index (χ3n) is 4.93. The van der Waals surface area contributed by atoms with Crippen molar-refractivity contribution in [3.05, 3.63) is 35.6 Å². The average molecular weight is 434 g/mol. The van der Waals surface area contributed by atoms with Crippen LogP contribution in [0.5, 0.6) is 0 Å².